The molecule has 0 spiro atoms. The Balaban J connectivity index is 1.70. The van der Waals surface area contributed by atoms with Crippen molar-refractivity contribution in [1.29, 1.82) is 0 Å². The molecule has 3 fully saturated rings. The van der Waals surface area contributed by atoms with E-state index in [4.69, 9.17) is 24.1 Å². The second-order valence-corrected chi connectivity index (χ2v) is 5.65. The van der Waals surface area contributed by atoms with Crippen LogP contribution in [0.3, 0.4) is 0 Å². The number of aliphatic hydroxyl groups is 6. The van der Waals surface area contributed by atoms with Crippen LogP contribution in [0.25, 0.3) is 0 Å². The van der Waals surface area contributed by atoms with E-state index in [0.717, 1.165) is 0 Å². The van der Waals surface area contributed by atoms with Crippen LogP contribution in [0.5, 0.6) is 0 Å². The van der Waals surface area contributed by atoms with Crippen LogP contribution in [0, 0.1) is 0 Å². The van der Waals surface area contributed by atoms with Crippen LogP contribution in [-0.4, -0.2) is 105 Å². The van der Waals surface area contributed by atoms with Gasteiger partial charge in [0.2, 0.25) is 0 Å². The highest BCUT2D eigenvalue weighted by atomic mass is 16.7. The van der Waals surface area contributed by atoms with Gasteiger partial charge >= 0.3 is 0 Å². The third kappa shape index (κ3) is 2.65. The largest absolute Gasteiger partial charge is 0.394 e. The molecule has 22 heavy (non-hydrogen) atoms. The summed E-state index contributed by atoms with van der Waals surface area (Å²) in [6.07, 6.45) is -12.1. The molecular formula is C12H20O10. The summed E-state index contributed by atoms with van der Waals surface area (Å²) >= 11 is 0. The van der Waals surface area contributed by atoms with Crippen LogP contribution < -0.4 is 0 Å². The van der Waals surface area contributed by atoms with Crippen LogP contribution in [0.2, 0.25) is 0 Å². The third-order valence-corrected chi connectivity index (χ3v) is 4.23. The van der Waals surface area contributed by atoms with Crippen LogP contribution in [-0.2, 0) is 18.9 Å². The molecule has 0 aromatic rings. The van der Waals surface area contributed by atoms with Crippen molar-refractivity contribution in [3.8, 4) is 0 Å². The van der Waals surface area contributed by atoms with E-state index in [1.807, 2.05) is 0 Å². The van der Waals surface area contributed by atoms with Crippen molar-refractivity contribution in [2.75, 3.05) is 13.2 Å². The summed E-state index contributed by atoms with van der Waals surface area (Å²) in [5, 5.41) is 57.8. The highest BCUT2D eigenvalue weighted by Gasteiger charge is 2.54. The molecule has 0 aliphatic carbocycles. The summed E-state index contributed by atoms with van der Waals surface area (Å²) in [5.74, 6) is 0. The van der Waals surface area contributed by atoms with E-state index in [2.05, 4.69) is 0 Å². The number of rotatable bonds is 3. The molecule has 2 unspecified atom stereocenters. The van der Waals surface area contributed by atoms with E-state index >= 15 is 0 Å². The molecule has 0 radical (unpaired) electrons. The van der Waals surface area contributed by atoms with Gasteiger partial charge in [-0.3, -0.25) is 0 Å². The van der Waals surface area contributed by atoms with Gasteiger partial charge in [0.25, 0.3) is 0 Å². The summed E-state index contributed by atoms with van der Waals surface area (Å²) in [5.41, 5.74) is 0. The molecule has 0 saturated carbocycles. The molecule has 0 aromatic heterocycles. The van der Waals surface area contributed by atoms with Gasteiger partial charge in [0.1, 0.15) is 48.8 Å². The smallest absolute Gasteiger partial charge is 0.187 e. The lowest BCUT2D eigenvalue weighted by molar-refractivity contribution is -0.336. The SMILES string of the molecule is OC[C@H]1OC(O[C@H]2[C@H]3OC[C@@H]2OC(O)[C@H]3O)[C@H](O)[C@@H](O)[C@H]1O. The molecule has 2 bridgehead atoms. The Hall–Kier alpha value is -0.400. The van der Waals surface area contributed by atoms with Crippen LogP contribution in [0.1, 0.15) is 0 Å². The molecule has 6 N–H and O–H groups in total. The van der Waals surface area contributed by atoms with Crippen molar-refractivity contribution in [3.05, 3.63) is 0 Å². The number of hydrogen-bond acceptors (Lipinski definition) is 10. The van der Waals surface area contributed by atoms with E-state index in [1.165, 1.54) is 0 Å². The first-order chi connectivity index (χ1) is 10.4. The molecule has 128 valence electrons. The molecule has 0 aromatic carbocycles. The fraction of sp³-hybridized carbons (Fsp3) is 1.00. The Morgan fingerprint density at radius 2 is 1.64 bits per heavy atom. The monoisotopic (exact) mass is 324 g/mol. The van der Waals surface area contributed by atoms with Gasteiger partial charge in [0, 0.05) is 0 Å². The lowest BCUT2D eigenvalue weighted by Crippen LogP contribution is -2.62. The normalized spacial score (nSPS) is 55.4. The quantitative estimate of drug-likeness (QED) is 0.299. The molecule has 3 heterocycles. The molecule has 10 nitrogen and oxygen atoms in total. The van der Waals surface area contributed by atoms with Crippen LogP contribution >= 0.6 is 0 Å². The summed E-state index contributed by atoms with van der Waals surface area (Å²) in [6.45, 7) is -0.489. The van der Waals surface area contributed by atoms with Crippen molar-refractivity contribution in [3.63, 3.8) is 0 Å². The van der Waals surface area contributed by atoms with Crippen molar-refractivity contribution >= 4 is 0 Å². The fourth-order valence-electron chi connectivity index (χ4n) is 2.94. The van der Waals surface area contributed by atoms with Crippen LogP contribution in [0.15, 0.2) is 0 Å². The molecule has 10 heteroatoms. The van der Waals surface area contributed by atoms with Gasteiger partial charge in [-0.1, -0.05) is 0 Å². The van der Waals surface area contributed by atoms with Gasteiger partial charge in [0.05, 0.1) is 13.2 Å². The summed E-state index contributed by atoms with van der Waals surface area (Å²) in [6, 6.07) is 0. The molecule has 10 atom stereocenters. The summed E-state index contributed by atoms with van der Waals surface area (Å²) < 4.78 is 21.2. The second kappa shape index (κ2) is 6.24. The minimum Gasteiger partial charge on any atom is -0.394 e. The zero-order valence-electron chi connectivity index (χ0n) is 11.5. The number of aliphatic hydroxyl groups excluding tert-OH is 6. The van der Waals surface area contributed by atoms with Crippen molar-refractivity contribution in [2.24, 2.45) is 0 Å². The maximum Gasteiger partial charge on any atom is 0.187 e. The van der Waals surface area contributed by atoms with Crippen molar-refractivity contribution in [2.45, 2.75) is 61.4 Å². The number of hydrogen-bond donors (Lipinski definition) is 6. The Bertz CT molecular complexity index is 392. The average molecular weight is 324 g/mol. The topological polar surface area (TPSA) is 158 Å². The second-order valence-electron chi connectivity index (χ2n) is 5.65. The van der Waals surface area contributed by atoms with Crippen molar-refractivity contribution < 1.29 is 49.6 Å². The Morgan fingerprint density at radius 1 is 0.909 bits per heavy atom. The Morgan fingerprint density at radius 3 is 2.32 bits per heavy atom. The Labute approximate surface area is 125 Å². The first-order valence-corrected chi connectivity index (χ1v) is 7.03. The minimum atomic E-state index is -1.56. The first-order valence-electron chi connectivity index (χ1n) is 7.03. The first kappa shape index (κ1) is 16.5. The van der Waals surface area contributed by atoms with Gasteiger partial charge < -0.3 is 49.6 Å². The van der Waals surface area contributed by atoms with Crippen molar-refractivity contribution in [1.82, 2.24) is 0 Å². The van der Waals surface area contributed by atoms with E-state index in [0.29, 0.717) is 0 Å². The Kier molecular flexibility index (Phi) is 4.67. The molecule has 0 amide bonds. The van der Waals surface area contributed by atoms with E-state index in [9.17, 15) is 25.5 Å². The van der Waals surface area contributed by atoms with Gasteiger partial charge in [-0.25, -0.2) is 0 Å². The molecule has 3 aliphatic rings. The summed E-state index contributed by atoms with van der Waals surface area (Å²) in [7, 11) is 0. The van der Waals surface area contributed by atoms with Gasteiger partial charge in [-0.2, -0.15) is 0 Å². The maximum absolute atomic E-state index is 9.93. The fourth-order valence-corrected chi connectivity index (χ4v) is 2.94. The number of ether oxygens (including phenoxy) is 4. The molecule has 3 rings (SSSR count). The average Bonchev–Trinajstić information content (AvgIpc) is 2.82. The predicted octanol–water partition coefficient (Wildman–Crippen LogP) is -4.35. The van der Waals surface area contributed by atoms with E-state index in [1.54, 1.807) is 0 Å². The van der Waals surface area contributed by atoms with Crippen LogP contribution in [0.4, 0.5) is 0 Å². The van der Waals surface area contributed by atoms with E-state index in [-0.39, 0.29) is 6.61 Å². The highest BCUT2D eigenvalue weighted by Crippen LogP contribution is 2.33. The molecule has 3 saturated heterocycles. The standard InChI is InChI=1S/C12H20O10/c13-1-3-5(14)6(15)7(16)12(21-3)22-9-4-2-19-10(9)8(17)11(18)20-4/h3-18H,1-2H2/t3-,4+,5+,6+,7-,8+,9-,10+,11?,12?/m1/s1. The minimum absolute atomic E-state index is 0.0842. The zero-order chi connectivity index (χ0) is 16.0. The third-order valence-electron chi connectivity index (χ3n) is 4.23. The van der Waals surface area contributed by atoms with E-state index < -0.39 is 68.0 Å². The molecule has 3 aliphatic heterocycles. The lowest BCUT2D eigenvalue weighted by Gasteiger charge is -2.43. The lowest BCUT2D eigenvalue weighted by atomic mass is 9.98. The maximum atomic E-state index is 9.93. The van der Waals surface area contributed by atoms with Gasteiger partial charge in [-0.15, -0.1) is 0 Å². The predicted molar refractivity (Wildman–Crippen MR) is 65.3 cm³/mol. The van der Waals surface area contributed by atoms with Gasteiger partial charge in [-0.05, 0) is 0 Å². The number of fused-ring (bicyclic) bond motifs is 2. The zero-order valence-corrected chi connectivity index (χ0v) is 11.5. The molecular weight excluding hydrogens is 304 g/mol. The summed E-state index contributed by atoms with van der Waals surface area (Å²) in [4.78, 5) is 0. The highest BCUT2D eigenvalue weighted by molar-refractivity contribution is 4.97. The van der Waals surface area contributed by atoms with Gasteiger partial charge in [0.15, 0.2) is 12.6 Å².